The van der Waals surface area contributed by atoms with Crippen LogP contribution in [0, 0.1) is 22.0 Å². The molecule has 2 aliphatic heterocycles. The summed E-state index contributed by atoms with van der Waals surface area (Å²) < 4.78 is 38.4. The number of fused-ring (bicyclic) bond motifs is 3. The number of ether oxygens (including phenoxy) is 7. The van der Waals surface area contributed by atoms with Gasteiger partial charge in [0.1, 0.15) is 5.56 Å². The summed E-state index contributed by atoms with van der Waals surface area (Å²) in [5.41, 5.74) is 0.512. The number of cyclic esters (lactones) is 1. The molecule has 234 valence electrons. The molecule has 6 rings (SSSR count). The third-order valence-electron chi connectivity index (χ3n) is 8.39. The van der Waals surface area contributed by atoms with E-state index in [0.29, 0.717) is 45.4 Å². The molecule has 0 bridgehead atoms. The maximum Gasteiger partial charge on any atom is 0.338 e. The van der Waals surface area contributed by atoms with Crippen molar-refractivity contribution < 1.29 is 52.5 Å². The molecule has 3 aromatic rings. The predicted octanol–water partition coefficient (Wildman–Crippen LogP) is 3.54. The maximum absolute atomic E-state index is 13.9. The summed E-state index contributed by atoms with van der Waals surface area (Å²) in [6, 6.07) is 9.76. The minimum atomic E-state index is -0.920. The number of nitro benzene ring substituents is 1. The standard InChI is InChI=1S/C31H28N2O12/c1-39-22-8-14(9-23(40-2)28(22)41-3)24-16-10-20-21(45-13-44-20)11-17(16)27(18-12-43-31(36)26(18)24)32-29(34)25-15(30(35)42-4)6-5-7-19(25)33(37)38/h5-11,18,24,26-27H,12-13H2,1-4H3,(H,32,34)/t18-,24+,26-,27+/m0/s1. The molecule has 1 fully saturated rings. The molecule has 1 amide bonds. The number of nitrogens with zero attached hydrogens (tertiary/aromatic N) is 1. The maximum atomic E-state index is 13.9. The van der Waals surface area contributed by atoms with E-state index in [9.17, 15) is 24.5 Å². The molecule has 3 aliphatic rings. The average Bonchev–Trinajstić information content (AvgIpc) is 3.68. The zero-order valence-electron chi connectivity index (χ0n) is 24.6. The van der Waals surface area contributed by atoms with Crippen LogP contribution in [0.5, 0.6) is 28.7 Å². The molecule has 4 atom stereocenters. The van der Waals surface area contributed by atoms with Crippen molar-refractivity contribution in [3.63, 3.8) is 0 Å². The molecule has 1 N–H and O–H groups in total. The third kappa shape index (κ3) is 4.78. The first-order valence-corrected chi connectivity index (χ1v) is 13.8. The summed E-state index contributed by atoms with van der Waals surface area (Å²) in [6.07, 6.45) is 0. The number of amides is 1. The van der Waals surface area contributed by atoms with Crippen molar-refractivity contribution in [1.82, 2.24) is 5.32 Å². The van der Waals surface area contributed by atoms with Gasteiger partial charge in [-0.25, -0.2) is 4.79 Å². The lowest BCUT2D eigenvalue weighted by Crippen LogP contribution is -2.43. The van der Waals surface area contributed by atoms with Crippen LogP contribution in [0.25, 0.3) is 0 Å². The van der Waals surface area contributed by atoms with E-state index in [0.717, 1.165) is 13.2 Å². The van der Waals surface area contributed by atoms with Crippen LogP contribution in [-0.2, 0) is 14.3 Å². The molecule has 2 heterocycles. The van der Waals surface area contributed by atoms with Gasteiger partial charge in [0.2, 0.25) is 12.5 Å². The highest BCUT2D eigenvalue weighted by molar-refractivity contribution is 6.08. The van der Waals surface area contributed by atoms with Crippen molar-refractivity contribution in [1.29, 1.82) is 0 Å². The van der Waals surface area contributed by atoms with E-state index in [1.54, 1.807) is 24.3 Å². The van der Waals surface area contributed by atoms with Crippen LogP contribution in [-0.4, -0.2) is 64.6 Å². The highest BCUT2D eigenvalue weighted by Crippen LogP contribution is 2.55. The molecule has 0 radical (unpaired) electrons. The van der Waals surface area contributed by atoms with Crippen molar-refractivity contribution >= 4 is 23.5 Å². The predicted molar refractivity (Wildman–Crippen MR) is 153 cm³/mol. The summed E-state index contributed by atoms with van der Waals surface area (Å²) in [5.74, 6) is -2.40. The van der Waals surface area contributed by atoms with Crippen LogP contribution in [0.15, 0.2) is 42.5 Å². The first kappa shape index (κ1) is 29.5. The molecule has 14 heteroatoms. The van der Waals surface area contributed by atoms with E-state index in [4.69, 9.17) is 33.2 Å². The minimum absolute atomic E-state index is 0.0301. The van der Waals surface area contributed by atoms with Gasteiger partial charge in [0.25, 0.3) is 11.6 Å². The number of esters is 2. The largest absolute Gasteiger partial charge is 0.493 e. The Labute approximate surface area is 256 Å². The molecule has 0 spiro atoms. The first-order valence-electron chi connectivity index (χ1n) is 13.8. The number of hydrogen-bond acceptors (Lipinski definition) is 12. The van der Waals surface area contributed by atoms with Gasteiger partial charge in [-0.3, -0.25) is 19.7 Å². The van der Waals surface area contributed by atoms with Gasteiger partial charge in [0.15, 0.2) is 23.0 Å². The van der Waals surface area contributed by atoms with Crippen LogP contribution in [0.4, 0.5) is 5.69 Å². The molecular formula is C31H28N2O12. The van der Waals surface area contributed by atoms with Crippen LogP contribution >= 0.6 is 0 Å². The molecule has 1 aliphatic carbocycles. The second kappa shape index (κ2) is 11.5. The fourth-order valence-corrected chi connectivity index (χ4v) is 6.45. The monoisotopic (exact) mass is 620 g/mol. The summed E-state index contributed by atoms with van der Waals surface area (Å²) in [5, 5.41) is 14.8. The molecule has 1 saturated heterocycles. The van der Waals surface area contributed by atoms with Gasteiger partial charge < -0.3 is 38.5 Å². The number of methoxy groups -OCH3 is 4. The Hall–Kier alpha value is -5.53. The van der Waals surface area contributed by atoms with Crippen molar-refractivity contribution in [2.75, 3.05) is 41.8 Å². The quantitative estimate of drug-likeness (QED) is 0.221. The molecular weight excluding hydrogens is 592 g/mol. The Balaban J connectivity index is 1.53. The second-order valence-electron chi connectivity index (χ2n) is 10.5. The van der Waals surface area contributed by atoms with Crippen LogP contribution in [0.1, 0.15) is 49.4 Å². The van der Waals surface area contributed by atoms with Gasteiger partial charge in [-0.1, -0.05) is 6.07 Å². The van der Waals surface area contributed by atoms with E-state index in [1.165, 1.54) is 33.5 Å². The van der Waals surface area contributed by atoms with E-state index in [1.807, 2.05) is 0 Å². The Morgan fingerprint density at radius 3 is 2.20 bits per heavy atom. The van der Waals surface area contributed by atoms with E-state index in [-0.39, 0.29) is 19.0 Å². The van der Waals surface area contributed by atoms with E-state index >= 15 is 0 Å². The lowest BCUT2D eigenvalue weighted by atomic mass is 9.65. The van der Waals surface area contributed by atoms with Gasteiger partial charge in [0.05, 0.1) is 57.5 Å². The molecule has 3 aromatic carbocycles. The molecule has 0 aromatic heterocycles. The van der Waals surface area contributed by atoms with Crippen molar-refractivity contribution in [3.05, 3.63) is 80.4 Å². The Bertz CT molecular complexity index is 1710. The van der Waals surface area contributed by atoms with Crippen LogP contribution in [0.3, 0.4) is 0 Å². The summed E-state index contributed by atoms with van der Waals surface area (Å²) in [6.45, 7) is -0.0817. The van der Waals surface area contributed by atoms with Crippen molar-refractivity contribution in [2.45, 2.75) is 12.0 Å². The number of carbonyl (C=O) groups excluding carboxylic acids is 3. The van der Waals surface area contributed by atoms with Gasteiger partial charge in [0, 0.05) is 17.9 Å². The second-order valence-corrected chi connectivity index (χ2v) is 10.5. The summed E-state index contributed by atoms with van der Waals surface area (Å²) in [4.78, 5) is 51.1. The highest BCUT2D eigenvalue weighted by Gasteiger charge is 2.53. The number of rotatable bonds is 8. The summed E-state index contributed by atoms with van der Waals surface area (Å²) >= 11 is 0. The Morgan fingerprint density at radius 1 is 0.933 bits per heavy atom. The fraction of sp³-hybridized carbons (Fsp3) is 0.323. The first-order chi connectivity index (χ1) is 21.7. The van der Waals surface area contributed by atoms with Gasteiger partial charge in [-0.2, -0.15) is 0 Å². The van der Waals surface area contributed by atoms with Crippen LogP contribution < -0.4 is 29.0 Å². The highest BCUT2D eigenvalue weighted by atomic mass is 16.7. The lowest BCUT2D eigenvalue weighted by molar-refractivity contribution is -0.385. The molecule has 14 nitrogen and oxygen atoms in total. The van der Waals surface area contributed by atoms with Gasteiger partial charge in [-0.15, -0.1) is 0 Å². The summed E-state index contributed by atoms with van der Waals surface area (Å²) in [7, 11) is 5.56. The minimum Gasteiger partial charge on any atom is -0.493 e. The third-order valence-corrected chi connectivity index (χ3v) is 8.39. The lowest BCUT2D eigenvalue weighted by Gasteiger charge is -2.39. The smallest absolute Gasteiger partial charge is 0.338 e. The number of carbonyl (C=O) groups is 3. The zero-order chi connectivity index (χ0) is 32.0. The number of nitro groups is 1. The SMILES string of the molecule is COC(=O)c1cccc([N+](=O)[O-])c1C(=O)N[C@@H]1c2cc3c(cc2[C@@H](c2cc(OC)c(OC)c(OC)c2)[C@H]2C(=O)OC[C@@H]21)OCO3. The van der Waals surface area contributed by atoms with E-state index in [2.05, 4.69) is 5.32 Å². The normalized spacial score (nSPS) is 20.8. The number of benzene rings is 3. The number of nitrogens with one attached hydrogen (secondary N) is 1. The van der Waals surface area contributed by atoms with Gasteiger partial charge in [-0.05, 0) is 47.0 Å². The Morgan fingerprint density at radius 2 is 1.60 bits per heavy atom. The zero-order valence-corrected chi connectivity index (χ0v) is 24.6. The average molecular weight is 621 g/mol. The Kier molecular flexibility index (Phi) is 7.56. The van der Waals surface area contributed by atoms with Crippen molar-refractivity contribution in [3.8, 4) is 28.7 Å². The number of hydrogen-bond donors (Lipinski definition) is 1. The van der Waals surface area contributed by atoms with Crippen molar-refractivity contribution in [2.24, 2.45) is 11.8 Å². The topological polar surface area (TPSA) is 171 Å². The molecule has 0 saturated carbocycles. The fourth-order valence-electron chi connectivity index (χ4n) is 6.45. The van der Waals surface area contributed by atoms with E-state index < -0.39 is 57.8 Å². The molecule has 45 heavy (non-hydrogen) atoms. The van der Waals surface area contributed by atoms with Crippen LogP contribution in [0.2, 0.25) is 0 Å². The van der Waals surface area contributed by atoms with Gasteiger partial charge >= 0.3 is 11.9 Å². The molecule has 0 unspecified atom stereocenters.